The predicted molar refractivity (Wildman–Crippen MR) is 156 cm³/mol. The van der Waals surface area contributed by atoms with Crippen LogP contribution in [0.25, 0.3) is 22.3 Å². The molecule has 2 heterocycles. The van der Waals surface area contributed by atoms with Crippen molar-refractivity contribution in [1.82, 2.24) is 19.5 Å². The molecule has 2 aromatic heterocycles. The van der Waals surface area contributed by atoms with E-state index in [1.54, 1.807) is 0 Å². The second kappa shape index (κ2) is 11.1. The molecule has 6 rings (SSSR count). The number of carboxylic acid groups (broad SMARTS) is 1. The third kappa shape index (κ3) is 5.32. The highest BCUT2D eigenvalue weighted by atomic mass is 16.4. The molecule has 3 aliphatic carbocycles. The van der Waals surface area contributed by atoms with Crippen LogP contribution in [-0.4, -0.2) is 36.6 Å². The van der Waals surface area contributed by atoms with Crippen LogP contribution in [0.2, 0.25) is 0 Å². The summed E-state index contributed by atoms with van der Waals surface area (Å²) in [6.07, 6.45) is 12.9. The van der Waals surface area contributed by atoms with Crippen molar-refractivity contribution in [3.63, 3.8) is 0 Å². The second-order valence-corrected chi connectivity index (χ2v) is 12.2. The molecule has 0 bridgehead atoms. The van der Waals surface area contributed by atoms with E-state index < -0.39 is 5.97 Å². The highest BCUT2D eigenvalue weighted by molar-refractivity contribution is 5.95. The van der Waals surface area contributed by atoms with Gasteiger partial charge in [0, 0.05) is 12.6 Å². The first-order valence-electron chi connectivity index (χ1n) is 15.0. The molecule has 0 saturated heterocycles. The number of carbonyl (C=O) groups is 1. The lowest BCUT2D eigenvalue weighted by atomic mass is 9.80. The number of nitrogens with zero attached hydrogens (tertiary/aromatic N) is 4. The Bertz CT molecular complexity index is 1370. The van der Waals surface area contributed by atoms with Crippen molar-refractivity contribution in [3.8, 4) is 0 Å². The van der Waals surface area contributed by atoms with Gasteiger partial charge in [-0.05, 0) is 92.8 Å². The molecular formula is C32H41N5O2. The van der Waals surface area contributed by atoms with Crippen LogP contribution in [-0.2, 0) is 6.54 Å². The number of aromatic carboxylic acids is 1. The standard InChI is InChI=1S/C32H41N5O2/c1-20-15-17-22(18-16-20)19-37-27-28(33-21(2)23-11-8-12-23)34-30(32(38)39)35-29(27)36-31(37)26-14-7-6-13-25(26)24-9-4-3-5-10-24/h3-5,9-10,20-23H,6-8,11-19H2,1-2H3,(H,38,39)(H,33,34,35)/t20?,21-,22?/m1/s1. The molecule has 7 nitrogen and oxygen atoms in total. The number of hydrogen-bond acceptors (Lipinski definition) is 5. The average Bonchev–Trinajstić information content (AvgIpc) is 3.27. The Kier molecular flexibility index (Phi) is 7.41. The van der Waals surface area contributed by atoms with Gasteiger partial charge >= 0.3 is 5.97 Å². The van der Waals surface area contributed by atoms with Gasteiger partial charge in [-0.25, -0.2) is 19.7 Å². The van der Waals surface area contributed by atoms with Crippen molar-refractivity contribution in [2.45, 2.75) is 97.1 Å². The number of rotatable bonds is 8. The lowest BCUT2D eigenvalue weighted by molar-refractivity contribution is 0.0684. The molecule has 0 radical (unpaired) electrons. The smallest absolute Gasteiger partial charge is 0.374 e. The quantitative estimate of drug-likeness (QED) is 0.316. The molecule has 39 heavy (non-hydrogen) atoms. The Hall–Kier alpha value is -3.22. The number of fused-ring (bicyclic) bond motifs is 1. The summed E-state index contributed by atoms with van der Waals surface area (Å²) < 4.78 is 2.36. The minimum atomic E-state index is -1.12. The van der Waals surface area contributed by atoms with Crippen LogP contribution in [0, 0.1) is 17.8 Å². The number of anilines is 1. The SMILES string of the molecule is CC1CCC(Cn2c(C3=C(c4ccccc4)CCCC3)nc3nc(C(=O)O)nc(N[C@H](C)C4CCC4)c32)CC1. The van der Waals surface area contributed by atoms with Crippen molar-refractivity contribution in [3.05, 3.63) is 47.5 Å². The summed E-state index contributed by atoms with van der Waals surface area (Å²) >= 11 is 0. The van der Waals surface area contributed by atoms with E-state index in [4.69, 9.17) is 4.98 Å². The van der Waals surface area contributed by atoms with E-state index in [2.05, 4.69) is 64.0 Å². The van der Waals surface area contributed by atoms with E-state index in [1.807, 2.05) is 0 Å². The van der Waals surface area contributed by atoms with Crippen LogP contribution in [0.3, 0.4) is 0 Å². The maximum absolute atomic E-state index is 12.1. The van der Waals surface area contributed by atoms with Crippen molar-refractivity contribution in [2.24, 2.45) is 17.8 Å². The van der Waals surface area contributed by atoms with Gasteiger partial charge in [-0.15, -0.1) is 0 Å². The topological polar surface area (TPSA) is 92.9 Å². The van der Waals surface area contributed by atoms with Crippen molar-refractivity contribution >= 4 is 34.1 Å². The maximum Gasteiger partial charge on any atom is 0.374 e. The Morgan fingerprint density at radius 1 is 0.974 bits per heavy atom. The minimum absolute atomic E-state index is 0.186. The van der Waals surface area contributed by atoms with Crippen LogP contribution in [0.4, 0.5) is 5.82 Å². The monoisotopic (exact) mass is 527 g/mol. The molecule has 2 fully saturated rings. The molecule has 0 aliphatic heterocycles. The Labute approximate surface area is 231 Å². The van der Waals surface area contributed by atoms with Gasteiger partial charge in [-0.2, -0.15) is 0 Å². The fourth-order valence-corrected chi connectivity index (χ4v) is 6.79. The van der Waals surface area contributed by atoms with Gasteiger partial charge in [0.05, 0.1) is 0 Å². The number of allylic oxidation sites excluding steroid dienone is 2. The molecule has 1 atom stereocenters. The summed E-state index contributed by atoms with van der Waals surface area (Å²) in [6.45, 7) is 5.42. The van der Waals surface area contributed by atoms with E-state index in [1.165, 1.54) is 68.1 Å². The molecule has 206 valence electrons. The summed E-state index contributed by atoms with van der Waals surface area (Å²) in [6, 6.07) is 10.9. The maximum atomic E-state index is 12.1. The zero-order valence-corrected chi connectivity index (χ0v) is 23.3. The van der Waals surface area contributed by atoms with Crippen LogP contribution < -0.4 is 5.32 Å². The number of benzene rings is 1. The number of hydrogen-bond donors (Lipinski definition) is 2. The van der Waals surface area contributed by atoms with Crippen LogP contribution in [0.15, 0.2) is 30.3 Å². The lowest BCUT2D eigenvalue weighted by Crippen LogP contribution is -2.31. The van der Waals surface area contributed by atoms with E-state index in [9.17, 15) is 9.90 Å². The molecule has 0 amide bonds. The molecule has 3 aliphatic rings. The predicted octanol–water partition coefficient (Wildman–Crippen LogP) is 7.44. The first-order valence-corrected chi connectivity index (χ1v) is 15.0. The summed E-state index contributed by atoms with van der Waals surface area (Å²) in [5, 5.41) is 13.5. The Morgan fingerprint density at radius 3 is 2.36 bits per heavy atom. The Balaban J connectivity index is 1.53. The van der Waals surface area contributed by atoms with Gasteiger partial charge in [-0.3, -0.25) is 0 Å². The fourth-order valence-electron chi connectivity index (χ4n) is 6.79. The molecule has 0 unspecified atom stereocenters. The molecule has 0 spiro atoms. The summed E-state index contributed by atoms with van der Waals surface area (Å²) in [4.78, 5) is 26.3. The molecular weight excluding hydrogens is 486 g/mol. The first-order chi connectivity index (χ1) is 19.0. The second-order valence-electron chi connectivity index (χ2n) is 12.2. The lowest BCUT2D eigenvalue weighted by Gasteiger charge is -2.32. The van der Waals surface area contributed by atoms with Crippen molar-refractivity contribution in [2.75, 3.05) is 5.32 Å². The van der Waals surface area contributed by atoms with Gasteiger partial charge in [0.1, 0.15) is 11.3 Å². The summed E-state index contributed by atoms with van der Waals surface area (Å²) in [7, 11) is 0. The average molecular weight is 528 g/mol. The zero-order chi connectivity index (χ0) is 26.9. The number of carboxylic acids is 1. The number of imidazole rings is 1. The third-order valence-electron chi connectivity index (χ3n) is 9.45. The number of nitrogens with one attached hydrogen (secondary N) is 1. The summed E-state index contributed by atoms with van der Waals surface area (Å²) in [5.74, 6) is 2.22. The van der Waals surface area contributed by atoms with E-state index in [-0.39, 0.29) is 11.9 Å². The third-order valence-corrected chi connectivity index (χ3v) is 9.45. The Morgan fingerprint density at radius 2 is 1.69 bits per heavy atom. The van der Waals surface area contributed by atoms with Crippen LogP contribution in [0.1, 0.15) is 106 Å². The largest absolute Gasteiger partial charge is 0.475 e. The molecule has 7 heteroatoms. The van der Waals surface area contributed by atoms with Crippen LogP contribution in [0.5, 0.6) is 0 Å². The highest BCUT2D eigenvalue weighted by Gasteiger charge is 2.30. The first kappa shape index (κ1) is 26.0. The number of aromatic nitrogens is 4. The van der Waals surface area contributed by atoms with Crippen molar-refractivity contribution in [1.29, 1.82) is 0 Å². The van der Waals surface area contributed by atoms with Gasteiger partial charge in [0.2, 0.25) is 5.82 Å². The zero-order valence-electron chi connectivity index (χ0n) is 23.3. The van der Waals surface area contributed by atoms with Gasteiger partial charge in [0.15, 0.2) is 11.5 Å². The normalized spacial score (nSPS) is 23.0. The van der Waals surface area contributed by atoms with Gasteiger partial charge in [0.25, 0.3) is 0 Å². The highest BCUT2D eigenvalue weighted by Crippen LogP contribution is 2.41. The fraction of sp³-hybridized carbons (Fsp3) is 0.562. The molecule has 2 saturated carbocycles. The van der Waals surface area contributed by atoms with E-state index in [0.29, 0.717) is 23.3 Å². The summed E-state index contributed by atoms with van der Waals surface area (Å²) in [5.41, 5.74) is 5.26. The van der Waals surface area contributed by atoms with Gasteiger partial charge < -0.3 is 15.0 Å². The molecule has 3 aromatic rings. The van der Waals surface area contributed by atoms with E-state index >= 15 is 0 Å². The minimum Gasteiger partial charge on any atom is -0.475 e. The van der Waals surface area contributed by atoms with Crippen molar-refractivity contribution < 1.29 is 9.90 Å². The van der Waals surface area contributed by atoms with Gasteiger partial charge in [-0.1, -0.05) is 56.5 Å². The van der Waals surface area contributed by atoms with E-state index in [0.717, 1.165) is 43.1 Å². The molecule has 2 N–H and O–H groups in total. The molecule has 1 aromatic carbocycles. The van der Waals surface area contributed by atoms with Crippen LogP contribution >= 0.6 is 0 Å².